The Bertz CT molecular complexity index is 968. The molecule has 0 radical (unpaired) electrons. The first-order chi connectivity index (χ1) is 13.0. The van der Waals surface area contributed by atoms with E-state index in [-0.39, 0.29) is 5.91 Å². The Morgan fingerprint density at radius 2 is 1.96 bits per heavy atom. The molecule has 8 heteroatoms. The van der Waals surface area contributed by atoms with Gasteiger partial charge in [0.1, 0.15) is 17.3 Å². The minimum absolute atomic E-state index is 0.300. The Kier molecular flexibility index (Phi) is 5.46. The van der Waals surface area contributed by atoms with E-state index in [2.05, 4.69) is 15.4 Å². The van der Waals surface area contributed by atoms with Crippen LogP contribution >= 0.6 is 0 Å². The summed E-state index contributed by atoms with van der Waals surface area (Å²) in [5.74, 6) is 0.533. The topological polar surface area (TPSA) is 95.3 Å². The van der Waals surface area contributed by atoms with E-state index >= 15 is 0 Å². The summed E-state index contributed by atoms with van der Waals surface area (Å²) in [4.78, 5) is 28.1. The monoisotopic (exact) mass is 366 g/mol. The maximum Gasteiger partial charge on any atom is 0.338 e. The second-order valence-corrected chi connectivity index (χ2v) is 5.58. The van der Waals surface area contributed by atoms with Gasteiger partial charge in [0.25, 0.3) is 5.91 Å². The molecular formula is C19H18N4O4. The molecule has 8 nitrogen and oxygen atoms in total. The zero-order valence-electron chi connectivity index (χ0n) is 14.9. The normalized spacial score (nSPS) is 10.3. The molecule has 2 aromatic heterocycles. The number of ether oxygens (including phenoxy) is 2. The highest BCUT2D eigenvalue weighted by atomic mass is 16.5. The Hall–Kier alpha value is -3.68. The summed E-state index contributed by atoms with van der Waals surface area (Å²) >= 11 is 0. The largest absolute Gasteiger partial charge is 0.462 e. The number of amides is 1. The van der Waals surface area contributed by atoms with Gasteiger partial charge in [-0.25, -0.2) is 9.78 Å². The zero-order chi connectivity index (χ0) is 19.2. The minimum Gasteiger partial charge on any atom is -0.462 e. The Labute approximate surface area is 155 Å². The predicted molar refractivity (Wildman–Crippen MR) is 97.9 cm³/mol. The van der Waals surface area contributed by atoms with Crippen LogP contribution in [0, 0.1) is 0 Å². The fourth-order valence-electron chi connectivity index (χ4n) is 2.31. The van der Waals surface area contributed by atoms with E-state index in [4.69, 9.17) is 9.47 Å². The van der Waals surface area contributed by atoms with E-state index in [1.807, 2.05) is 0 Å². The molecule has 0 bridgehead atoms. The highest BCUT2D eigenvalue weighted by Crippen LogP contribution is 2.24. The Morgan fingerprint density at radius 3 is 2.70 bits per heavy atom. The number of aromatic nitrogens is 3. The quantitative estimate of drug-likeness (QED) is 0.674. The van der Waals surface area contributed by atoms with Gasteiger partial charge in [0.05, 0.1) is 23.9 Å². The van der Waals surface area contributed by atoms with Crippen LogP contribution in [0.3, 0.4) is 0 Å². The maximum atomic E-state index is 12.2. The molecule has 0 aliphatic heterocycles. The highest BCUT2D eigenvalue weighted by molar-refractivity contribution is 6.03. The molecule has 3 rings (SSSR count). The molecule has 2 heterocycles. The molecule has 0 aliphatic carbocycles. The van der Waals surface area contributed by atoms with Crippen LogP contribution in [0.4, 0.5) is 5.82 Å². The molecule has 1 amide bonds. The van der Waals surface area contributed by atoms with Crippen LogP contribution in [-0.2, 0) is 11.8 Å². The minimum atomic E-state index is -0.415. The molecule has 138 valence electrons. The highest BCUT2D eigenvalue weighted by Gasteiger charge is 2.11. The fourth-order valence-corrected chi connectivity index (χ4v) is 2.31. The van der Waals surface area contributed by atoms with E-state index in [9.17, 15) is 9.59 Å². The van der Waals surface area contributed by atoms with Gasteiger partial charge in [0, 0.05) is 25.5 Å². The van der Waals surface area contributed by atoms with Crippen LogP contribution in [0.25, 0.3) is 0 Å². The fraction of sp³-hybridized carbons (Fsp3) is 0.158. The molecule has 0 unspecified atom stereocenters. The van der Waals surface area contributed by atoms with Crippen molar-refractivity contribution in [1.82, 2.24) is 14.8 Å². The first kappa shape index (κ1) is 18.1. The van der Waals surface area contributed by atoms with Crippen LogP contribution in [0.2, 0.25) is 0 Å². The van der Waals surface area contributed by atoms with Crippen molar-refractivity contribution in [2.45, 2.75) is 6.92 Å². The number of nitrogens with one attached hydrogen (secondary N) is 1. The summed E-state index contributed by atoms with van der Waals surface area (Å²) < 4.78 is 12.3. The van der Waals surface area contributed by atoms with Crippen LogP contribution in [-0.4, -0.2) is 33.2 Å². The molecule has 27 heavy (non-hydrogen) atoms. The van der Waals surface area contributed by atoms with Gasteiger partial charge < -0.3 is 14.8 Å². The van der Waals surface area contributed by atoms with Crippen molar-refractivity contribution in [3.63, 3.8) is 0 Å². The molecule has 0 spiro atoms. The van der Waals surface area contributed by atoms with Crippen molar-refractivity contribution in [2.75, 3.05) is 11.9 Å². The van der Waals surface area contributed by atoms with Crippen LogP contribution in [0.5, 0.6) is 11.5 Å². The van der Waals surface area contributed by atoms with E-state index < -0.39 is 5.97 Å². The van der Waals surface area contributed by atoms with E-state index in [1.165, 1.54) is 12.4 Å². The second-order valence-electron chi connectivity index (χ2n) is 5.58. The van der Waals surface area contributed by atoms with Crippen LogP contribution in [0.15, 0.2) is 55.0 Å². The molecular weight excluding hydrogens is 348 g/mol. The molecule has 0 saturated heterocycles. The summed E-state index contributed by atoms with van der Waals surface area (Å²) in [6.45, 7) is 2.05. The Balaban J connectivity index is 1.71. The number of benzene rings is 1. The molecule has 0 saturated carbocycles. The SMILES string of the molecule is CCOC(=O)c1cccc(Oc2ccnc(NC(=O)c3cnn(C)c3)c2)c1. The van der Waals surface area contributed by atoms with Gasteiger partial charge in [-0.3, -0.25) is 9.48 Å². The van der Waals surface area contributed by atoms with Crippen LogP contribution in [0.1, 0.15) is 27.6 Å². The first-order valence-electron chi connectivity index (χ1n) is 8.26. The average molecular weight is 366 g/mol. The number of pyridine rings is 1. The van der Waals surface area contributed by atoms with E-state index in [0.29, 0.717) is 35.1 Å². The van der Waals surface area contributed by atoms with Gasteiger partial charge in [0.15, 0.2) is 0 Å². The van der Waals surface area contributed by atoms with Crippen molar-refractivity contribution in [2.24, 2.45) is 7.05 Å². The summed E-state index contributed by atoms with van der Waals surface area (Å²) in [5.41, 5.74) is 0.821. The van der Waals surface area contributed by atoms with E-state index in [1.54, 1.807) is 61.2 Å². The van der Waals surface area contributed by atoms with Crippen LogP contribution < -0.4 is 10.1 Å². The lowest BCUT2D eigenvalue weighted by Gasteiger charge is -2.09. The number of rotatable bonds is 6. The third-order valence-corrected chi connectivity index (χ3v) is 3.52. The number of carbonyl (C=O) groups excluding carboxylic acids is 2. The third-order valence-electron chi connectivity index (χ3n) is 3.52. The van der Waals surface area contributed by atoms with Gasteiger partial charge in [0.2, 0.25) is 0 Å². The number of nitrogens with zero attached hydrogens (tertiary/aromatic N) is 3. The maximum absolute atomic E-state index is 12.2. The van der Waals surface area contributed by atoms with Gasteiger partial charge >= 0.3 is 5.97 Å². The van der Waals surface area contributed by atoms with Crippen molar-refractivity contribution >= 4 is 17.7 Å². The Morgan fingerprint density at radius 1 is 1.15 bits per heavy atom. The molecule has 0 atom stereocenters. The molecule has 0 aliphatic rings. The smallest absolute Gasteiger partial charge is 0.338 e. The van der Waals surface area contributed by atoms with E-state index in [0.717, 1.165) is 0 Å². The molecule has 1 aromatic carbocycles. The van der Waals surface area contributed by atoms with Crippen molar-refractivity contribution < 1.29 is 19.1 Å². The lowest BCUT2D eigenvalue weighted by molar-refractivity contribution is 0.0526. The molecule has 1 N–H and O–H groups in total. The summed E-state index contributed by atoms with van der Waals surface area (Å²) in [6, 6.07) is 9.90. The van der Waals surface area contributed by atoms with Gasteiger partial charge in [-0.1, -0.05) is 6.07 Å². The van der Waals surface area contributed by atoms with Crippen molar-refractivity contribution in [1.29, 1.82) is 0 Å². The number of aryl methyl sites for hydroxylation is 1. The standard InChI is InChI=1S/C19H18N4O4/c1-3-26-19(25)13-5-4-6-15(9-13)27-16-7-8-20-17(10-16)22-18(24)14-11-21-23(2)12-14/h4-12H,3H2,1-2H3,(H,20,22,24). The summed E-state index contributed by atoms with van der Waals surface area (Å²) in [6.07, 6.45) is 4.59. The second kappa shape index (κ2) is 8.13. The lowest BCUT2D eigenvalue weighted by Crippen LogP contribution is -2.12. The number of esters is 1. The molecule has 0 fully saturated rings. The lowest BCUT2D eigenvalue weighted by atomic mass is 10.2. The predicted octanol–water partition coefficient (Wildman–Crippen LogP) is 3.04. The average Bonchev–Trinajstić information content (AvgIpc) is 3.09. The first-order valence-corrected chi connectivity index (χ1v) is 8.26. The van der Waals surface area contributed by atoms with Gasteiger partial charge in [-0.15, -0.1) is 0 Å². The van der Waals surface area contributed by atoms with Crippen molar-refractivity contribution in [3.8, 4) is 11.5 Å². The van der Waals surface area contributed by atoms with Gasteiger partial charge in [-0.05, 0) is 31.2 Å². The third kappa shape index (κ3) is 4.69. The number of hydrogen-bond acceptors (Lipinski definition) is 6. The molecule has 3 aromatic rings. The number of carbonyl (C=O) groups is 2. The number of hydrogen-bond donors (Lipinski definition) is 1. The van der Waals surface area contributed by atoms with Crippen molar-refractivity contribution in [3.05, 3.63) is 66.1 Å². The summed E-state index contributed by atoms with van der Waals surface area (Å²) in [7, 11) is 1.73. The number of anilines is 1. The van der Waals surface area contributed by atoms with Gasteiger partial charge in [-0.2, -0.15) is 5.10 Å². The summed E-state index contributed by atoms with van der Waals surface area (Å²) in [5, 5.41) is 6.65. The zero-order valence-corrected chi connectivity index (χ0v) is 14.9.